The summed E-state index contributed by atoms with van der Waals surface area (Å²) in [7, 11) is 1.35. The summed E-state index contributed by atoms with van der Waals surface area (Å²) in [6.45, 7) is -1.92. The molecule has 2 aromatic carbocycles. The predicted octanol–water partition coefficient (Wildman–Crippen LogP) is 4.43. The Hall–Kier alpha value is -3.22. The van der Waals surface area contributed by atoms with Crippen LogP contribution in [0.15, 0.2) is 54.6 Å². The van der Waals surface area contributed by atoms with Gasteiger partial charge in [-0.25, -0.2) is 0 Å². The summed E-state index contributed by atoms with van der Waals surface area (Å²) in [6, 6.07) is 13.6. The molecule has 1 aliphatic rings. The van der Waals surface area contributed by atoms with E-state index in [4.69, 9.17) is 4.74 Å². The summed E-state index contributed by atoms with van der Waals surface area (Å²) in [5.74, 6) is -0.0257. The molecule has 2 aromatic rings. The summed E-state index contributed by atoms with van der Waals surface area (Å²) in [5, 5.41) is 0. The first-order valence-electron chi connectivity index (χ1n) is 9.67. The van der Waals surface area contributed by atoms with Crippen LogP contribution < -0.4 is 9.47 Å². The lowest BCUT2D eigenvalue weighted by Gasteiger charge is -2.30. The summed E-state index contributed by atoms with van der Waals surface area (Å²) in [5.41, 5.74) is 1.33. The molecule has 1 aliphatic heterocycles. The number of alkyl halides is 2. The number of halogens is 2. The SMILES string of the molecule is COc1cc(C=CC(=O)N2CCC(C(=O)c3ccccc3)CC2)ccc1OC(F)F. The van der Waals surface area contributed by atoms with Gasteiger partial charge in [0.2, 0.25) is 5.91 Å². The highest BCUT2D eigenvalue weighted by atomic mass is 19.3. The Kier molecular flexibility index (Phi) is 7.17. The molecule has 0 aliphatic carbocycles. The monoisotopic (exact) mass is 415 g/mol. The minimum absolute atomic E-state index is 0.0684. The van der Waals surface area contributed by atoms with Gasteiger partial charge in [0.25, 0.3) is 0 Å². The number of benzene rings is 2. The van der Waals surface area contributed by atoms with Gasteiger partial charge in [0.05, 0.1) is 7.11 Å². The van der Waals surface area contributed by atoms with Crippen LogP contribution in [0.3, 0.4) is 0 Å². The maximum Gasteiger partial charge on any atom is 0.387 e. The van der Waals surface area contributed by atoms with Crippen LogP contribution in [0.5, 0.6) is 11.5 Å². The van der Waals surface area contributed by atoms with E-state index < -0.39 is 6.61 Å². The summed E-state index contributed by atoms with van der Waals surface area (Å²) >= 11 is 0. The molecule has 158 valence electrons. The van der Waals surface area contributed by atoms with E-state index in [0.29, 0.717) is 37.1 Å². The molecule has 1 fully saturated rings. The number of hydrogen-bond acceptors (Lipinski definition) is 4. The third-order valence-corrected chi connectivity index (χ3v) is 5.06. The van der Waals surface area contributed by atoms with E-state index in [1.54, 1.807) is 17.0 Å². The second-order valence-corrected chi connectivity index (χ2v) is 6.95. The third kappa shape index (κ3) is 5.43. The van der Waals surface area contributed by atoms with Crippen molar-refractivity contribution in [1.82, 2.24) is 4.90 Å². The highest BCUT2D eigenvalue weighted by Crippen LogP contribution is 2.30. The van der Waals surface area contributed by atoms with E-state index in [1.165, 1.54) is 25.3 Å². The van der Waals surface area contributed by atoms with Gasteiger partial charge in [0.15, 0.2) is 17.3 Å². The number of carbonyl (C=O) groups is 2. The van der Waals surface area contributed by atoms with E-state index in [0.717, 1.165) is 0 Å². The molecule has 0 saturated carbocycles. The van der Waals surface area contributed by atoms with Gasteiger partial charge >= 0.3 is 6.61 Å². The zero-order chi connectivity index (χ0) is 21.5. The first-order valence-corrected chi connectivity index (χ1v) is 9.67. The van der Waals surface area contributed by atoms with E-state index in [2.05, 4.69) is 4.74 Å². The Morgan fingerprint density at radius 2 is 1.77 bits per heavy atom. The van der Waals surface area contributed by atoms with Gasteiger partial charge < -0.3 is 14.4 Å². The second kappa shape index (κ2) is 10.0. The van der Waals surface area contributed by atoms with Crippen LogP contribution in [0, 0.1) is 5.92 Å². The molecule has 0 N–H and O–H groups in total. The van der Waals surface area contributed by atoms with E-state index in [9.17, 15) is 18.4 Å². The lowest BCUT2D eigenvalue weighted by atomic mass is 9.89. The van der Waals surface area contributed by atoms with Crippen molar-refractivity contribution in [2.75, 3.05) is 20.2 Å². The van der Waals surface area contributed by atoms with E-state index >= 15 is 0 Å². The van der Waals surface area contributed by atoms with Crippen LogP contribution in [0.1, 0.15) is 28.8 Å². The number of amides is 1. The fraction of sp³-hybridized carbons (Fsp3) is 0.304. The Morgan fingerprint density at radius 3 is 2.40 bits per heavy atom. The maximum absolute atomic E-state index is 12.6. The Labute approximate surface area is 173 Å². The first-order chi connectivity index (χ1) is 14.5. The van der Waals surface area contributed by atoms with E-state index in [1.807, 2.05) is 30.3 Å². The molecule has 0 unspecified atom stereocenters. The summed E-state index contributed by atoms with van der Waals surface area (Å²) < 4.78 is 34.3. The van der Waals surface area contributed by atoms with Crippen LogP contribution in [-0.2, 0) is 4.79 Å². The maximum atomic E-state index is 12.6. The molecule has 3 rings (SSSR count). The number of rotatable bonds is 7. The van der Waals surface area contributed by atoms with Crippen molar-refractivity contribution in [3.8, 4) is 11.5 Å². The number of piperidine rings is 1. The van der Waals surface area contributed by atoms with Crippen LogP contribution in [0.25, 0.3) is 6.08 Å². The van der Waals surface area contributed by atoms with Crippen LogP contribution >= 0.6 is 0 Å². The quantitative estimate of drug-likeness (QED) is 0.496. The van der Waals surface area contributed by atoms with Crippen LogP contribution in [0.2, 0.25) is 0 Å². The average Bonchev–Trinajstić information content (AvgIpc) is 2.78. The predicted molar refractivity (Wildman–Crippen MR) is 109 cm³/mol. The topological polar surface area (TPSA) is 55.8 Å². The van der Waals surface area contributed by atoms with Gasteiger partial charge in [-0.1, -0.05) is 36.4 Å². The molecule has 0 radical (unpaired) electrons. The van der Waals surface area contributed by atoms with Crippen molar-refractivity contribution < 1.29 is 27.8 Å². The molecule has 30 heavy (non-hydrogen) atoms. The van der Waals surface area contributed by atoms with Gasteiger partial charge in [0, 0.05) is 30.6 Å². The molecule has 5 nitrogen and oxygen atoms in total. The molecular formula is C23H23F2NO4. The number of ketones is 1. The lowest BCUT2D eigenvalue weighted by molar-refractivity contribution is -0.127. The molecular weight excluding hydrogens is 392 g/mol. The molecule has 7 heteroatoms. The third-order valence-electron chi connectivity index (χ3n) is 5.06. The van der Waals surface area contributed by atoms with Crippen molar-refractivity contribution in [3.63, 3.8) is 0 Å². The van der Waals surface area contributed by atoms with Gasteiger partial charge in [-0.2, -0.15) is 8.78 Å². The Morgan fingerprint density at radius 1 is 1.07 bits per heavy atom. The van der Waals surface area contributed by atoms with Gasteiger partial charge in [0.1, 0.15) is 0 Å². The fourth-order valence-corrected chi connectivity index (χ4v) is 3.45. The van der Waals surface area contributed by atoms with E-state index in [-0.39, 0.29) is 29.1 Å². The number of nitrogens with zero attached hydrogens (tertiary/aromatic N) is 1. The molecule has 1 heterocycles. The van der Waals surface area contributed by atoms with Crippen molar-refractivity contribution >= 4 is 17.8 Å². The number of likely N-dealkylation sites (tertiary alicyclic amines) is 1. The Balaban J connectivity index is 1.57. The zero-order valence-corrected chi connectivity index (χ0v) is 16.6. The van der Waals surface area contributed by atoms with Crippen LogP contribution in [0.4, 0.5) is 8.78 Å². The fourth-order valence-electron chi connectivity index (χ4n) is 3.45. The first kappa shape index (κ1) is 21.5. The smallest absolute Gasteiger partial charge is 0.387 e. The number of hydrogen-bond donors (Lipinski definition) is 0. The minimum atomic E-state index is -2.95. The second-order valence-electron chi connectivity index (χ2n) is 6.95. The standard InChI is InChI=1S/C23H23F2NO4/c1-29-20-15-16(7-9-19(20)30-23(24)25)8-10-21(27)26-13-11-18(12-14-26)22(28)17-5-3-2-4-6-17/h2-10,15,18,23H,11-14H2,1H3. The molecule has 0 atom stereocenters. The molecule has 1 saturated heterocycles. The number of ether oxygens (including phenoxy) is 2. The van der Waals surface area contributed by atoms with Crippen molar-refractivity contribution in [3.05, 3.63) is 65.7 Å². The summed E-state index contributed by atoms with van der Waals surface area (Å²) in [4.78, 5) is 26.7. The largest absolute Gasteiger partial charge is 0.493 e. The average molecular weight is 415 g/mol. The van der Waals surface area contributed by atoms with Crippen molar-refractivity contribution in [2.45, 2.75) is 19.5 Å². The number of methoxy groups -OCH3 is 1. The van der Waals surface area contributed by atoms with Gasteiger partial charge in [-0.3, -0.25) is 9.59 Å². The highest BCUT2D eigenvalue weighted by molar-refractivity contribution is 5.98. The number of Topliss-reactive ketones (excluding diaryl/α,β-unsaturated/α-hetero) is 1. The highest BCUT2D eigenvalue weighted by Gasteiger charge is 2.27. The molecule has 0 aromatic heterocycles. The zero-order valence-electron chi connectivity index (χ0n) is 16.6. The molecule has 0 bridgehead atoms. The van der Waals surface area contributed by atoms with Gasteiger partial charge in [-0.15, -0.1) is 0 Å². The molecule has 0 spiro atoms. The summed E-state index contributed by atoms with van der Waals surface area (Å²) in [6.07, 6.45) is 4.28. The molecule has 1 amide bonds. The van der Waals surface area contributed by atoms with Gasteiger partial charge in [-0.05, 0) is 36.6 Å². The lowest BCUT2D eigenvalue weighted by Crippen LogP contribution is -2.39. The number of carbonyl (C=O) groups excluding carboxylic acids is 2. The Bertz CT molecular complexity index is 907. The minimum Gasteiger partial charge on any atom is -0.493 e. The normalized spacial score (nSPS) is 14.9. The van der Waals surface area contributed by atoms with Crippen molar-refractivity contribution in [1.29, 1.82) is 0 Å². The van der Waals surface area contributed by atoms with Crippen LogP contribution in [-0.4, -0.2) is 43.4 Å². The van der Waals surface area contributed by atoms with Crippen molar-refractivity contribution in [2.24, 2.45) is 5.92 Å².